The first-order valence-electron chi connectivity index (χ1n) is 6.50. The van der Waals surface area contributed by atoms with Gasteiger partial charge in [-0.3, -0.25) is 0 Å². The van der Waals surface area contributed by atoms with Gasteiger partial charge in [-0.25, -0.2) is 14.4 Å². The molecule has 1 heterocycles. The Morgan fingerprint density at radius 1 is 1.22 bits per heavy atom. The number of nitrogens with one attached hydrogen (secondary N) is 1. The summed E-state index contributed by atoms with van der Waals surface area (Å²) in [5.74, 6) is 0.233. The van der Waals surface area contributed by atoms with Crippen molar-refractivity contribution < 1.29 is 9.13 Å². The minimum atomic E-state index is -0.660. The number of nitrogens with two attached hydrogens (primary N) is 1. The van der Waals surface area contributed by atoms with Crippen molar-refractivity contribution in [2.75, 3.05) is 18.2 Å². The minimum absolute atomic E-state index is 0.135. The van der Waals surface area contributed by atoms with Crippen LogP contribution in [0.4, 0.5) is 21.6 Å². The van der Waals surface area contributed by atoms with E-state index < -0.39 is 5.82 Å². The van der Waals surface area contributed by atoms with E-state index in [-0.39, 0.29) is 15.7 Å². The number of aromatic nitrogens is 2. The van der Waals surface area contributed by atoms with Crippen molar-refractivity contribution in [1.82, 2.24) is 9.97 Å². The lowest BCUT2D eigenvalue weighted by Crippen LogP contribution is -2.00. The van der Waals surface area contributed by atoms with Gasteiger partial charge in [0.2, 0.25) is 0 Å². The molecule has 0 unspecified atom stereocenters. The predicted molar refractivity (Wildman–Crippen MR) is 90.2 cm³/mol. The Morgan fingerprint density at radius 3 is 2.74 bits per heavy atom. The molecule has 0 aliphatic carbocycles. The molecule has 1 aromatic heterocycles. The molecule has 3 N–H and O–H groups in total. The van der Waals surface area contributed by atoms with Crippen LogP contribution in [0, 0.1) is 5.82 Å². The van der Waals surface area contributed by atoms with Gasteiger partial charge in [-0.2, -0.15) is 0 Å². The van der Waals surface area contributed by atoms with E-state index in [9.17, 15) is 4.39 Å². The van der Waals surface area contributed by atoms with E-state index in [1.165, 1.54) is 25.6 Å². The highest BCUT2D eigenvalue weighted by Gasteiger charge is 2.13. The number of rotatable bonds is 3. The van der Waals surface area contributed by atoms with Gasteiger partial charge in [0.25, 0.3) is 0 Å². The smallest absolute Gasteiger partial charge is 0.166 e. The van der Waals surface area contributed by atoms with Crippen molar-refractivity contribution >= 4 is 51.3 Å². The van der Waals surface area contributed by atoms with Crippen LogP contribution in [0.1, 0.15) is 0 Å². The summed E-state index contributed by atoms with van der Waals surface area (Å²) in [4.78, 5) is 8.29. The first-order chi connectivity index (χ1) is 11.0. The summed E-state index contributed by atoms with van der Waals surface area (Å²) in [7, 11) is 1.52. The minimum Gasteiger partial charge on any atom is -0.495 e. The van der Waals surface area contributed by atoms with Crippen LogP contribution in [0.25, 0.3) is 10.9 Å². The van der Waals surface area contributed by atoms with Gasteiger partial charge in [0.05, 0.1) is 34.0 Å². The number of fused-ring (bicyclic) bond motifs is 1. The molecule has 0 amide bonds. The molecule has 0 bridgehead atoms. The molecule has 0 radical (unpaired) electrons. The number of nitrogen functional groups attached to an aromatic ring is 1. The molecule has 0 spiro atoms. The van der Waals surface area contributed by atoms with Crippen molar-refractivity contribution in [2.45, 2.75) is 0 Å². The second kappa shape index (κ2) is 6.06. The third-order valence-corrected chi connectivity index (χ3v) is 4.06. The molecule has 0 saturated heterocycles. The van der Waals surface area contributed by atoms with Crippen LogP contribution in [0.15, 0.2) is 30.6 Å². The molecular formula is C15H11Cl2FN4O. The van der Waals surface area contributed by atoms with E-state index in [0.29, 0.717) is 28.2 Å². The Hall–Kier alpha value is -2.31. The van der Waals surface area contributed by atoms with Gasteiger partial charge in [0.15, 0.2) is 5.82 Å². The van der Waals surface area contributed by atoms with Gasteiger partial charge in [-0.15, -0.1) is 0 Å². The average Bonchev–Trinajstić information content (AvgIpc) is 2.55. The van der Waals surface area contributed by atoms with Crippen molar-refractivity contribution in [3.8, 4) is 5.75 Å². The molecule has 0 aliphatic heterocycles. The lowest BCUT2D eigenvalue weighted by Gasteiger charge is -2.12. The molecule has 0 saturated carbocycles. The maximum Gasteiger partial charge on any atom is 0.166 e. The van der Waals surface area contributed by atoms with Crippen LogP contribution >= 0.6 is 23.2 Å². The van der Waals surface area contributed by atoms with Gasteiger partial charge < -0.3 is 15.8 Å². The van der Waals surface area contributed by atoms with Crippen molar-refractivity contribution in [3.05, 3.63) is 46.5 Å². The molecule has 3 aromatic rings. The van der Waals surface area contributed by atoms with Crippen molar-refractivity contribution in [1.29, 1.82) is 0 Å². The monoisotopic (exact) mass is 352 g/mol. The van der Waals surface area contributed by atoms with Gasteiger partial charge in [0.1, 0.15) is 17.9 Å². The highest BCUT2D eigenvalue weighted by molar-refractivity contribution is 6.42. The molecule has 0 fully saturated rings. The molecular weight excluding hydrogens is 342 g/mol. The maximum absolute atomic E-state index is 14.2. The quantitative estimate of drug-likeness (QED) is 0.539. The van der Waals surface area contributed by atoms with Crippen LogP contribution < -0.4 is 15.8 Å². The normalized spacial score (nSPS) is 10.8. The van der Waals surface area contributed by atoms with E-state index in [4.69, 9.17) is 33.7 Å². The zero-order valence-corrected chi connectivity index (χ0v) is 13.4. The second-order valence-electron chi connectivity index (χ2n) is 4.68. The van der Waals surface area contributed by atoms with E-state index in [0.717, 1.165) is 0 Å². The third-order valence-electron chi connectivity index (χ3n) is 3.28. The first-order valence-corrected chi connectivity index (χ1v) is 7.25. The van der Waals surface area contributed by atoms with Gasteiger partial charge in [-0.05, 0) is 18.2 Å². The Bertz CT molecular complexity index is 904. The second-order valence-corrected chi connectivity index (χ2v) is 5.47. The fourth-order valence-corrected chi connectivity index (χ4v) is 2.44. The van der Waals surface area contributed by atoms with Crippen LogP contribution in [-0.4, -0.2) is 17.1 Å². The molecule has 2 aromatic carbocycles. The SMILES string of the molecule is COc1cc2ncnc(Nc3ccc(Cl)c(Cl)c3F)c2cc1N. The van der Waals surface area contributed by atoms with Crippen molar-refractivity contribution in [3.63, 3.8) is 0 Å². The number of halogens is 3. The molecule has 3 rings (SSSR count). The molecule has 8 heteroatoms. The first kappa shape index (κ1) is 15.6. The van der Waals surface area contributed by atoms with Crippen LogP contribution in [0.3, 0.4) is 0 Å². The Balaban J connectivity index is 2.11. The van der Waals surface area contributed by atoms with Gasteiger partial charge in [-0.1, -0.05) is 23.2 Å². The van der Waals surface area contributed by atoms with E-state index in [1.807, 2.05) is 0 Å². The van der Waals surface area contributed by atoms with E-state index >= 15 is 0 Å². The van der Waals surface area contributed by atoms with Crippen LogP contribution in [0.2, 0.25) is 10.0 Å². The highest BCUT2D eigenvalue weighted by Crippen LogP contribution is 2.34. The lowest BCUT2D eigenvalue weighted by molar-refractivity contribution is 0.417. The summed E-state index contributed by atoms with van der Waals surface area (Å²) >= 11 is 11.6. The van der Waals surface area contributed by atoms with Crippen molar-refractivity contribution in [2.24, 2.45) is 0 Å². The topological polar surface area (TPSA) is 73.1 Å². The summed E-state index contributed by atoms with van der Waals surface area (Å²) in [6, 6.07) is 6.31. The number of nitrogens with zero attached hydrogens (tertiary/aromatic N) is 2. The predicted octanol–water partition coefficient (Wildman–Crippen LogP) is 4.41. The Labute approximate surface area is 141 Å². The maximum atomic E-state index is 14.2. The summed E-state index contributed by atoms with van der Waals surface area (Å²) in [5.41, 5.74) is 7.09. The number of benzene rings is 2. The third kappa shape index (κ3) is 2.83. The Morgan fingerprint density at radius 2 is 2.00 bits per heavy atom. The summed E-state index contributed by atoms with van der Waals surface area (Å²) in [6.45, 7) is 0. The van der Waals surface area contributed by atoms with Crippen LogP contribution in [-0.2, 0) is 0 Å². The van der Waals surface area contributed by atoms with Gasteiger partial charge in [0, 0.05) is 11.5 Å². The molecule has 118 valence electrons. The number of ether oxygens (including phenoxy) is 1. The lowest BCUT2D eigenvalue weighted by atomic mass is 10.2. The average molecular weight is 353 g/mol. The van der Waals surface area contributed by atoms with Gasteiger partial charge >= 0.3 is 0 Å². The zero-order valence-electron chi connectivity index (χ0n) is 11.9. The number of hydrogen-bond acceptors (Lipinski definition) is 5. The summed E-state index contributed by atoms with van der Waals surface area (Å²) < 4.78 is 19.3. The number of methoxy groups -OCH3 is 1. The van der Waals surface area contributed by atoms with Crippen LogP contribution in [0.5, 0.6) is 5.75 Å². The fourth-order valence-electron chi connectivity index (χ4n) is 2.13. The largest absolute Gasteiger partial charge is 0.495 e. The molecule has 5 nitrogen and oxygen atoms in total. The highest BCUT2D eigenvalue weighted by atomic mass is 35.5. The zero-order chi connectivity index (χ0) is 16.6. The Kier molecular flexibility index (Phi) is 4.11. The number of anilines is 3. The van der Waals surface area contributed by atoms with E-state index in [1.54, 1.807) is 12.1 Å². The van der Waals surface area contributed by atoms with E-state index in [2.05, 4.69) is 15.3 Å². The molecule has 0 aliphatic rings. The molecule has 23 heavy (non-hydrogen) atoms. The molecule has 0 atom stereocenters. The standard InChI is InChI=1S/C15H11Cl2FN4O/c1-23-12-5-11-7(4-9(12)19)15(21-6-20-11)22-10-3-2-8(16)13(17)14(10)18/h2-6H,19H2,1H3,(H,20,21,22). The number of hydrogen-bond donors (Lipinski definition) is 2. The fraction of sp³-hybridized carbons (Fsp3) is 0.0667. The summed E-state index contributed by atoms with van der Waals surface area (Å²) in [5, 5.41) is 3.48. The summed E-state index contributed by atoms with van der Waals surface area (Å²) in [6.07, 6.45) is 1.36.